The van der Waals surface area contributed by atoms with Crippen LogP contribution in [0.15, 0.2) is 90.0 Å². The van der Waals surface area contributed by atoms with Crippen LogP contribution < -0.4 is 5.32 Å². The first kappa shape index (κ1) is 21.3. The number of nitrogens with one attached hydrogen (secondary N) is 1. The number of nitrogens with zero attached hydrogens (tertiary/aromatic N) is 1. The van der Waals surface area contributed by atoms with Gasteiger partial charge in [0.05, 0.1) is 10.4 Å². The molecule has 1 saturated carbocycles. The second kappa shape index (κ2) is 8.41. The maximum Gasteiger partial charge on any atom is 0.407 e. The number of fused-ring (bicyclic) bond motifs is 1. The van der Waals surface area contributed by atoms with Crippen molar-refractivity contribution in [3.05, 3.63) is 102 Å². The number of rotatable bonds is 6. The van der Waals surface area contributed by atoms with Crippen molar-refractivity contribution < 1.29 is 17.9 Å². The fourth-order valence-electron chi connectivity index (χ4n) is 4.11. The number of hydrogen-bond acceptors (Lipinski definition) is 4. The molecular weight excluding hydrogens is 436 g/mol. The Hall–Kier alpha value is -3.58. The van der Waals surface area contributed by atoms with Crippen LogP contribution in [-0.4, -0.2) is 24.5 Å². The van der Waals surface area contributed by atoms with Gasteiger partial charge in [0.1, 0.15) is 6.61 Å². The summed E-state index contributed by atoms with van der Waals surface area (Å²) < 4.78 is 33.4. The molecule has 4 aromatic rings. The molecule has 168 valence electrons. The predicted molar refractivity (Wildman–Crippen MR) is 127 cm³/mol. The zero-order valence-electron chi connectivity index (χ0n) is 18.1. The van der Waals surface area contributed by atoms with Crippen molar-refractivity contribution in [3.8, 4) is 0 Å². The van der Waals surface area contributed by atoms with Gasteiger partial charge in [0.25, 0.3) is 10.0 Å². The number of aryl methyl sites for hydroxylation is 1. The molecule has 1 heterocycles. The largest absolute Gasteiger partial charge is 0.445 e. The second-order valence-electron chi connectivity index (χ2n) is 8.37. The van der Waals surface area contributed by atoms with Crippen LogP contribution in [0, 0.1) is 6.92 Å². The van der Waals surface area contributed by atoms with Crippen LogP contribution in [0.4, 0.5) is 4.79 Å². The number of carbonyl (C=O) groups is 1. The Morgan fingerprint density at radius 1 is 1.00 bits per heavy atom. The van der Waals surface area contributed by atoms with E-state index < -0.39 is 16.1 Å². The first-order valence-electron chi connectivity index (χ1n) is 10.8. The van der Waals surface area contributed by atoms with Gasteiger partial charge in [-0.3, -0.25) is 0 Å². The SMILES string of the molecule is Cc1ccc(S(=O)(=O)n2cc([C@H]3C[C@@H]3NC(=O)OCc3ccccc3)c3ccccc32)cc1. The molecule has 1 N–H and O–H groups in total. The molecule has 0 bridgehead atoms. The summed E-state index contributed by atoms with van der Waals surface area (Å²) in [7, 11) is -3.74. The van der Waals surface area contributed by atoms with Gasteiger partial charge >= 0.3 is 6.09 Å². The van der Waals surface area contributed by atoms with Crippen molar-refractivity contribution in [3.63, 3.8) is 0 Å². The van der Waals surface area contributed by atoms with Gasteiger partial charge in [0.15, 0.2) is 0 Å². The Kier molecular flexibility index (Phi) is 5.42. The summed E-state index contributed by atoms with van der Waals surface area (Å²) in [6.07, 6.45) is 1.96. The van der Waals surface area contributed by atoms with Crippen LogP contribution in [0.2, 0.25) is 0 Å². The first-order valence-corrected chi connectivity index (χ1v) is 12.3. The highest BCUT2D eigenvalue weighted by Gasteiger charge is 2.42. The topological polar surface area (TPSA) is 77.4 Å². The van der Waals surface area contributed by atoms with Crippen LogP contribution in [0.5, 0.6) is 0 Å². The molecule has 0 aliphatic heterocycles. The Balaban J connectivity index is 1.36. The lowest BCUT2D eigenvalue weighted by Crippen LogP contribution is -2.27. The number of ether oxygens (including phenoxy) is 1. The van der Waals surface area contributed by atoms with Crippen molar-refractivity contribution >= 4 is 27.0 Å². The van der Waals surface area contributed by atoms with Crippen molar-refractivity contribution in [1.82, 2.24) is 9.29 Å². The quantitative estimate of drug-likeness (QED) is 0.441. The molecule has 33 heavy (non-hydrogen) atoms. The molecule has 0 radical (unpaired) electrons. The third-order valence-electron chi connectivity index (χ3n) is 5.99. The van der Waals surface area contributed by atoms with E-state index in [2.05, 4.69) is 5.32 Å². The molecule has 6 nitrogen and oxygen atoms in total. The molecule has 1 amide bonds. The smallest absolute Gasteiger partial charge is 0.407 e. The van der Waals surface area contributed by atoms with E-state index in [1.165, 1.54) is 3.97 Å². The van der Waals surface area contributed by atoms with E-state index in [1.807, 2.05) is 61.5 Å². The zero-order valence-corrected chi connectivity index (χ0v) is 19.0. The highest BCUT2D eigenvalue weighted by molar-refractivity contribution is 7.90. The minimum Gasteiger partial charge on any atom is -0.445 e. The molecule has 1 aromatic heterocycles. The number of para-hydroxylation sites is 1. The third-order valence-corrected chi connectivity index (χ3v) is 7.68. The van der Waals surface area contributed by atoms with E-state index in [9.17, 15) is 13.2 Å². The van der Waals surface area contributed by atoms with E-state index in [0.717, 1.165) is 28.5 Å². The minimum absolute atomic E-state index is 0.0358. The maximum atomic E-state index is 13.4. The highest BCUT2D eigenvalue weighted by atomic mass is 32.2. The normalized spacial score (nSPS) is 17.6. The lowest BCUT2D eigenvalue weighted by Gasteiger charge is -2.08. The fourth-order valence-corrected chi connectivity index (χ4v) is 5.49. The number of benzene rings is 3. The number of hydrogen-bond donors (Lipinski definition) is 1. The molecule has 2 atom stereocenters. The second-order valence-corrected chi connectivity index (χ2v) is 10.2. The summed E-state index contributed by atoms with van der Waals surface area (Å²) in [6, 6.07) is 23.7. The summed E-state index contributed by atoms with van der Waals surface area (Å²) >= 11 is 0. The van der Waals surface area contributed by atoms with E-state index in [4.69, 9.17) is 4.74 Å². The lowest BCUT2D eigenvalue weighted by molar-refractivity contribution is 0.139. The molecule has 7 heteroatoms. The van der Waals surface area contributed by atoms with Gasteiger partial charge in [-0.1, -0.05) is 66.2 Å². The van der Waals surface area contributed by atoms with Crippen LogP contribution in [0.3, 0.4) is 0 Å². The molecule has 0 spiro atoms. The summed E-state index contributed by atoms with van der Waals surface area (Å²) in [5.41, 5.74) is 3.46. The van der Waals surface area contributed by atoms with Crippen LogP contribution >= 0.6 is 0 Å². The molecule has 5 rings (SSSR count). The molecule has 3 aromatic carbocycles. The van der Waals surface area contributed by atoms with Crippen LogP contribution in [0.1, 0.15) is 29.0 Å². The zero-order chi connectivity index (χ0) is 23.0. The minimum atomic E-state index is -3.74. The van der Waals surface area contributed by atoms with Crippen LogP contribution in [0.25, 0.3) is 10.9 Å². The van der Waals surface area contributed by atoms with Gasteiger partial charge in [0, 0.05) is 23.5 Å². The fraction of sp³-hybridized carbons (Fsp3) is 0.192. The molecular formula is C26H24N2O4S. The summed E-state index contributed by atoms with van der Waals surface area (Å²) in [6.45, 7) is 2.13. The van der Waals surface area contributed by atoms with E-state index in [-0.39, 0.29) is 23.5 Å². The van der Waals surface area contributed by atoms with Gasteiger partial charge in [-0.05, 0) is 42.7 Å². The number of aromatic nitrogens is 1. The number of carbonyl (C=O) groups excluding carboxylic acids is 1. The third kappa shape index (κ3) is 4.24. The van der Waals surface area contributed by atoms with Gasteiger partial charge in [0.2, 0.25) is 0 Å². The number of amides is 1. The standard InChI is InChI=1S/C26H24N2O4S/c1-18-11-13-20(14-12-18)33(30,31)28-16-23(21-9-5-6-10-25(21)28)22-15-24(22)27-26(29)32-17-19-7-3-2-4-8-19/h2-14,16,22,24H,15,17H2,1H3,(H,27,29)/t22-,24+/m1/s1. The van der Waals surface area contributed by atoms with Gasteiger partial charge in [-0.25, -0.2) is 17.2 Å². The summed E-state index contributed by atoms with van der Waals surface area (Å²) in [5.74, 6) is 0.0358. The summed E-state index contributed by atoms with van der Waals surface area (Å²) in [5, 5.41) is 3.78. The Bertz CT molecular complexity index is 1410. The summed E-state index contributed by atoms with van der Waals surface area (Å²) in [4.78, 5) is 12.5. The number of alkyl carbamates (subject to hydrolysis) is 1. The lowest BCUT2D eigenvalue weighted by atomic mass is 10.1. The molecule has 0 unspecified atom stereocenters. The first-order chi connectivity index (χ1) is 15.9. The maximum absolute atomic E-state index is 13.4. The average Bonchev–Trinajstić information content (AvgIpc) is 3.46. The molecule has 0 saturated heterocycles. The van der Waals surface area contributed by atoms with Gasteiger partial charge in [-0.2, -0.15) is 0 Å². The monoisotopic (exact) mass is 460 g/mol. The van der Waals surface area contributed by atoms with E-state index in [1.54, 1.807) is 30.5 Å². The average molecular weight is 461 g/mol. The van der Waals surface area contributed by atoms with Crippen molar-refractivity contribution in [2.24, 2.45) is 0 Å². The van der Waals surface area contributed by atoms with Gasteiger partial charge in [-0.15, -0.1) is 0 Å². The Morgan fingerprint density at radius 2 is 1.70 bits per heavy atom. The van der Waals surface area contributed by atoms with Crippen molar-refractivity contribution in [2.45, 2.75) is 36.8 Å². The van der Waals surface area contributed by atoms with Crippen molar-refractivity contribution in [1.29, 1.82) is 0 Å². The Morgan fingerprint density at radius 3 is 2.45 bits per heavy atom. The van der Waals surface area contributed by atoms with E-state index in [0.29, 0.717) is 5.52 Å². The Labute approximate surface area is 192 Å². The highest BCUT2D eigenvalue weighted by Crippen LogP contribution is 2.45. The molecule has 1 fully saturated rings. The molecule has 1 aliphatic carbocycles. The van der Waals surface area contributed by atoms with Crippen LogP contribution in [-0.2, 0) is 21.4 Å². The molecule has 1 aliphatic rings. The van der Waals surface area contributed by atoms with Gasteiger partial charge < -0.3 is 10.1 Å². The van der Waals surface area contributed by atoms with Crippen molar-refractivity contribution in [2.75, 3.05) is 0 Å². The van der Waals surface area contributed by atoms with E-state index >= 15 is 0 Å². The predicted octanol–water partition coefficient (Wildman–Crippen LogP) is 4.97.